The molecule has 2 aromatic carbocycles. The van der Waals surface area contributed by atoms with Crippen LogP contribution in [0, 0.1) is 11.3 Å². The van der Waals surface area contributed by atoms with Gasteiger partial charge in [-0.1, -0.05) is 35.9 Å². The summed E-state index contributed by atoms with van der Waals surface area (Å²) in [6.45, 7) is 2.10. The second-order valence-electron chi connectivity index (χ2n) is 7.00. The third-order valence-corrected chi connectivity index (χ3v) is 4.90. The molecule has 1 aliphatic rings. The van der Waals surface area contributed by atoms with Crippen LogP contribution in [0.3, 0.4) is 0 Å². The van der Waals surface area contributed by atoms with Gasteiger partial charge in [0, 0.05) is 11.1 Å². The smallest absolute Gasteiger partial charge is 0.226 e. The maximum atomic E-state index is 9.25. The Labute approximate surface area is 181 Å². The van der Waals surface area contributed by atoms with E-state index in [9.17, 15) is 5.26 Å². The lowest BCUT2D eigenvalue weighted by Gasteiger charge is -2.14. The van der Waals surface area contributed by atoms with E-state index in [-0.39, 0.29) is 5.88 Å². The van der Waals surface area contributed by atoms with E-state index in [4.69, 9.17) is 14.2 Å². The van der Waals surface area contributed by atoms with Crippen molar-refractivity contribution in [2.75, 3.05) is 7.11 Å². The summed E-state index contributed by atoms with van der Waals surface area (Å²) in [6, 6.07) is 18.4. The number of nitriles is 1. The zero-order valence-corrected chi connectivity index (χ0v) is 17.3. The van der Waals surface area contributed by atoms with Gasteiger partial charge in [0.1, 0.15) is 23.9 Å². The van der Waals surface area contributed by atoms with E-state index >= 15 is 0 Å². The van der Waals surface area contributed by atoms with Crippen LogP contribution in [0.1, 0.15) is 30.9 Å². The predicted octanol–water partition coefficient (Wildman–Crippen LogP) is 6.03. The summed E-state index contributed by atoms with van der Waals surface area (Å²) in [5.41, 5.74) is 4.95. The zero-order valence-electron chi connectivity index (χ0n) is 17.3. The second-order valence-corrected chi connectivity index (χ2v) is 7.00. The largest absolute Gasteiger partial charge is 0.504 e. The second kappa shape index (κ2) is 9.14. The van der Waals surface area contributed by atoms with Gasteiger partial charge in [0.25, 0.3) is 0 Å². The highest BCUT2D eigenvalue weighted by Crippen LogP contribution is 2.41. The van der Waals surface area contributed by atoms with Gasteiger partial charge >= 0.3 is 0 Å². The van der Waals surface area contributed by atoms with Crippen LogP contribution < -0.4 is 9.47 Å². The molecule has 154 valence electrons. The van der Waals surface area contributed by atoms with E-state index in [1.165, 1.54) is 17.5 Å². The van der Waals surface area contributed by atoms with Gasteiger partial charge in [0.2, 0.25) is 11.8 Å². The normalized spacial score (nSPS) is 12.7. The van der Waals surface area contributed by atoms with Gasteiger partial charge in [-0.2, -0.15) is 5.26 Å². The number of rotatable bonds is 7. The minimum absolute atomic E-state index is 0.286. The molecule has 1 aliphatic carbocycles. The molecular weight excluding hydrogens is 390 g/mol. The van der Waals surface area contributed by atoms with Crippen molar-refractivity contribution in [1.82, 2.24) is 9.97 Å². The van der Waals surface area contributed by atoms with Crippen LogP contribution >= 0.6 is 0 Å². The molecule has 1 saturated carbocycles. The van der Waals surface area contributed by atoms with E-state index < -0.39 is 0 Å². The lowest BCUT2D eigenvalue weighted by Crippen LogP contribution is -1.97. The Morgan fingerprint density at radius 3 is 2.29 bits per heavy atom. The first-order chi connectivity index (χ1) is 15.2. The molecule has 0 N–H and O–H groups in total. The third kappa shape index (κ3) is 4.73. The van der Waals surface area contributed by atoms with Gasteiger partial charge in [-0.3, -0.25) is 0 Å². The maximum Gasteiger partial charge on any atom is 0.226 e. The first kappa shape index (κ1) is 20.2. The molecule has 0 radical (unpaired) electrons. The van der Waals surface area contributed by atoms with Crippen molar-refractivity contribution in [3.05, 3.63) is 89.5 Å². The van der Waals surface area contributed by atoms with Crippen LogP contribution in [0.2, 0.25) is 0 Å². The van der Waals surface area contributed by atoms with Crippen molar-refractivity contribution in [3.8, 4) is 29.3 Å². The number of hydrogen-bond donors (Lipinski definition) is 0. The number of para-hydroxylation sites is 2. The molecule has 6 nitrogen and oxygen atoms in total. The molecule has 0 saturated heterocycles. The van der Waals surface area contributed by atoms with Crippen LogP contribution in [0.15, 0.2) is 78.3 Å². The van der Waals surface area contributed by atoms with Crippen LogP contribution in [-0.2, 0) is 4.74 Å². The van der Waals surface area contributed by atoms with E-state index in [2.05, 4.69) is 23.0 Å². The lowest BCUT2D eigenvalue weighted by atomic mass is 9.98. The number of aromatic nitrogens is 2. The molecule has 1 heterocycles. The van der Waals surface area contributed by atoms with Crippen LogP contribution in [0.5, 0.6) is 23.3 Å². The Morgan fingerprint density at radius 2 is 1.61 bits per heavy atom. The molecule has 0 unspecified atom stereocenters. The van der Waals surface area contributed by atoms with E-state index in [0.29, 0.717) is 22.9 Å². The summed E-state index contributed by atoms with van der Waals surface area (Å²) in [5, 5.41) is 9.25. The monoisotopic (exact) mass is 411 g/mol. The van der Waals surface area contributed by atoms with Crippen molar-refractivity contribution in [1.29, 1.82) is 5.26 Å². The molecule has 0 amide bonds. The third-order valence-electron chi connectivity index (χ3n) is 4.90. The van der Waals surface area contributed by atoms with Crippen molar-refractivity contribution in [2.45, 2.75) is 19.8 Å². The SMILES string of the molecule is CO/C=C(/C(C)=C1CC1)c1ccccc1Oc1cc(Oc2ccccc2C#N)ncn1. The zero-order chi connectivity index (χ0) is 21.6. The molecule has 1 fully saturated rings. The summed E-state index contributed by atoms with van der Waals surface area (Å²) in [4.78, 5) is 8.35. The Balaban J connectivity index is 1.62. The topological polar surface area (TPSA) is 77.3 Å². The number of benzene rings is 2. The summed E-state index contributed by atoms with van der Waals surface area (Å²) >= 11 is 0. The van der Waals surface area contributed by atoms with E-state index in [1.54, 1.807) is 43.7 Å². The Morgan fingerprint density at radius 1 is 0.968 bits per heavy atom. The molecule has 0 atom stereocenters. The number of ether oxygens (including phenoxy) is 3. The first-order valence-corrected chi connectivity index (χ1v) is 9.88. The molecule has 1 aromatic heterocycles. The number of hydrogen-bond acceptors (Lipinski definition) is 6. The molecule has 3 aromatic rings. The maximum absolute atomic E-state index is 9.25. The van der Waals surface area contributed by atoms with Gasteiger partial charge in [0.05, 0.1) is 25.0 Å². The summed E-state index contributed by atoms with van der Waals surface area (Å²) in [5.74, 6) is 1.69. The Hall–Kier alpha value is -4.11. The highest BCUT2D eigenvalue weighted by atomic mass is 16.5. The molecular formula is C25H21N3O3. The fraction of sp³-hybridized carbons (Fsp3) is 0.160. The van der Waals surface area contributed by atoms with Gasteiger partial charge in [-0.15, -0.1) is 0 Å². The number of nitrogens with zero attached hydrogens (tertiary/aromatic N) is 3. The molecule has 4 rings (SSSR count). The molecule has 0 spiro atoms. The number of methoxy groups -OCH3 is 1. The average molecular weight is 411 g/mol. The van der Waals surface area contributed by atoms with E-state index in [1.807, 2.05) is 24.3 Å². The van der Waals surface area contributed by atoms with Crippen molar-refractivity contribution < 1.29 is 14.2 Å². The average Bonchev–Trinajstić information content (AvgIpc) is 3.64. The highest BCUT2D eigenvalue weighted by molar-refractivity contribution is 5.82. The minimum Gasteiger partial charge on any atom is -0.504 e. The summed E-state index contributed by atoms with van der Waals surface area (Å²) in [7, 11) is 1.64. The van der Waals surface area contributed by atoms with Crippen molar-refractivity contribution in [3.63, 3.8) is 0 Å². The molecule has 31 heavy (non-hydrogen) atoms. The lowest BCUT2D eigenvalue weighted by molar-refractivity contribution is 0.339. The van der Waals surface area contributed by atoms with Crippen LogP contribution in [0.25, 0.3) is 5.57 Å². The molecule has 6 heteroatoms. The quantitative estimate of drug-likeness (QED) is 0.442. The standard InChI is InChI=1S/C25H21N3O3/c1-17(18-11-12-18)21(15-29-2)20-8-4-6-10-23(20)31-25-13-24(27-16-28-25)30-22-9-5-3-7-19(22)14-26/h3-10,13,15-16H,11-12H2,1-2H3/b21-15-. The fourth-order valence-corrected chi connectivity index (χ4v) is 3.19. The molecule has 0 bridgehead atoms. The van der Waals surface area contributed by atoms with Crippen molar-refractivity contribution >= 4 is 5.57 Å². The van der Waals surface area contributed by atoms with Gasteiger partial charge in [0.15, 0.2) is 0 Å². The Bertz CT molecular complexity index is 1200. The van der Waals surface area contributed by atoms with Gasteiger partial charge in [-0.05, 0) is 43.5 Å². The van der Waals surface area contributed by atoms with Crippen LogP contribution in [-0.4, -0.2) is 17.1 Å². The summed E-state index contributed by atoms with van der Waals surface area (Å²) < 4.78 is 17.2. The summed E-state index contributed by atoms with van der Waals surface area (Å²) in [6.07, 6.45) is 5.35. The van der Waals surface area contributed by atoms with Gasteiger partial charge in [-0.25, -0.2) is 9.97 Å². The fourth-order valence-electron chi connectivity index (χ4n) is 3.19. The first-order valence-electron chi connectivity index (χ1n) is 9.88. The van der Waals surface area contributed by atoms with Crippen LogP contribution in [0.4, 0.5) is 0 Å². The minimum atomic E-state index is 0.286. The predicted molar refractivity (Wildman–Crippen MR) is 117 cm³/mol. The molecule has 0 aliphatic heterocycles. The van der Waals surface area contributed by atoms with Gasteiger partial charge < -0.3 is 14.2 Å². The van der Waals surface area contributed by atoms with E-state index in [0.717, 1.165) is 24.0 Å². The van der Waals surface area contributed by atoms with Crippen molar-refractivity contribution in [2.24, 2.45) is 0 Å². The highest BCUT2D eigenvalue weighted by Gasteiger charge is 2.20. The number of allylic oxidation sites excluding steroid dienone is 3. The Kier molecular flexibility index (Phi) is 5.95.